The monoisotopic (exact) mass is 446 g/mol. The molecule has 2 aromatic heterocycles. The summed E-state index contributed by atoms with van der Waals surface area (Å²) in [6.07, 6.45) is 3.06. The van der Waals surface area contributed by atoms with Crippen molar-refractivity contribution in [2.45, 2.75) is 6.04 Å². The van der Waals surface area contributed by atoms with Crippen molar-refractivity contribution in [1.82, 2.24) is 24.7 Å². The van der Waals surface area contributed by atoms with Crippen molar-refractivity contribution in [3.05, 3.63) is 88.4 Å². The minimum absolute atomic E-state index is 0.0263. The lowest BCUT2D eigenvalue weighted by Gasteiger charge is -2.20. The Morgan fingerprint density at radius 2 is 1.73 bits per heavy atom. The number of hydrogen-bond acceptors (Lipinski definition) is 8. The average molecular weight is 446 g/mol. The number of hydrogen-bond donors (Lipinski definition) is 4. The Balaban J connectivity index is 1.80. The van der Waals surface area contributed by atoms with Crippen molar-refractivity contribution in [3.8, 4) is 17.4 Å². The first-order valence-electron chi connectivity index (χ1n) is 9.89. The number of anilines is 1. The minimum Gasteiger partial charge on any atom is -0.497 e. The van der Waals surface area contributed by atoms with E-state index in [-0.39, 0.29) is 11.8 Å². The molecule has 2 heterocycles. The molecule has 33 heavy (non-hydrogen) atoms. The predicted molar refractivity (Wildman–Crippen MR) is 122 cm³/mol. The summed E-state index contributed by atoms with van der Waals surface area (Å²) in [4.78, 5) is 23.6. The van der Waals surface area contributed by atoms with Crippen LogP contribution in [0.3, 0.4) is 0 Å². The van der Waals surface area contributed by atoms with E-state index in [9.17, 15) is 4.79 Å². The number of nitrogens with one attached hydrogen (secondary N) is 3. The Hall–Kier alpha value is -4.67. The maximum absolute atomic E-state index is 12.6. The van der Waals surface area contributed by atoms with Gasteiger partial charge in [-0.1, -0.05) is 0 Å². The fraction of sp³-hybridized carbons (Fsp3) is 0.136. The van der Waals surface area contributed by atoms with E-state index in [1.165, 1.54) is 12.4 Å². The number of ether oxygens (including phenoxy) is 2. The summed E-state index contributed by atoms with van der Waals surface area (Å²) < 4.78 is 11.9. The highest BCUT2D eigenvalue weighted by Crippen LogP contribution is 2.31. The third-order valence-corrected chi connectivity index (χ3v) is 4.86. The lowest BCUT2D eigenvalue weighted by molar-refractivity contribution is 0.393. The molecule has 4 aromatic rings. The van der Waals surface area contributed by atoms with Crippen LogP contribution in [0.5, 0.6) is 11.5 Å². The summed E-state index contributed by atoms with van der Waals surface area (Å²) in [6, 6.07) is 13.5. The van der Waals surface area contributed by atoms with E-state index in [1.807, 2.05) is 12.1 Å². The summed E-state index contributed by atoms with van der Waals surface area (Å²) in [7, 11) is 3.12. The zero-order valence-corrected chi connectivity index (χ0v) is 17.9. The number of H-pyrrole nitrogens is 1. The molecule has 0 aliphatic heterocycles. The zero-order valence-electron chi connectivity index (χ0n) is 17.9. The van der Waals surface area contributed by atoms with Crippen LogP contribution in [0.25, 0.3) is 5.95 Å². The number of nitrogen functional groups attached to an aromatic ring is 1. The Labute approximate surface area is 188 Å². The van der Waals surface area contributed by atoms with Gasteiger partial charge in [-0.3, -0.25) is 10.4 Å². The molecule has 0 saturated heterocycles. The molecule has 0 saturated carbocycles. The highest BCUT2D eigenvalue weighted by Gasteiger charge is 2.22. The maximum atomic E-state index is 12.6. The fourth-order valence-corrected chi connectivity index (χ4v) is 3.23. The summed E-state index contributed by atoms with van der Waals surface area (Å²) in [5.41, 5.74) is 7.12. The van der Waals surface area contributed by atoms with Gasteiger partial charge in [0.25, 0.3) is 5.95 Å². The standard InChI is InChI=1S/C22H22N8O3/c1-32-16-10-14(11-17(12-16)33-2)18(27-15-6-4-13(5-7-15)19(23)24)20-28-22(31)30(29-20)21-25-8-3-9-26-21/h3-12,18,27H,1-2H3,(H3,23,24)(H,28,29,31)/t18-/m0/s1. The van der Waals surface area contributed by atoms with Crippen molar-refractivity contribution >= 4 is 11.5 Å². The summed E-state index contributed by atoms with van der Waals surface area (Å²) in [6.45, 7) is 0. The maximum Gasteiger partial charge on any atom is 0.350 e. The molecular weight excluding hydrogens is 424 g/mol. The zero-order chi connectivity index (χ0) is 23.4. The van der Waals surface area contributed by atoms with Gasteiger partial charge in [0.05, 0.1) is 14.2 Å². The van der Waals surface area contributed by atoms with Crippen LogP contribution < -0.4 is 26.2 Å². The second-order valence-corrected chi connectivity index (χ2v) is 6.99. The van der Waals surface area contributed by atoms with Crippen LogP contribution in [0.15, 0.2) is 65.7 Å². The quantitative estimate of drug-likeness (QED) is 0.236. The number of aromatic amines is 1. The van der Waals surface area contributed by atoms with Crippen molar-refractivity contribution < 1.29 is 9.47 Å². The highest BCUT2D eigenvalue weighted by atomic mass is 16.5. The first kappa shape index (κ1) is 21.6. The predicted octanol–water partition coefficient (Wildman–Crippen LogP) is 1.85. The van der Waals surface area contributed by atoms with Crippen molar-refractivity contribution in [1.29, 1.82) is 5.41 Å². The summed E-state index contributed by atoms with van der Waals surface area (Å²) in [5.74, 6) is 1.62. The molecule has 168 valence electrons. The SMILES string of the molecule is COc1cc(OC)cc([C@H](Nc2ccc(C(=N)N)cc2)c2nn(-c3ncccn3)c(=O)[nH]2)c1. The van der Waals surface area contributed by atoms with Crippen LogP contribution in [0, 0.1) is 5.41 Å². The number of amidine groups is 1. The number of nitrogens with zero attached hydrogens (tertiary/aromatic N) is 4. The normalized spacial score (nSPS) is 11.6. The molecule has 0 spiro atoms. The average Bonchev–Trinajstić information content (AvgIpc) is 3.24. The molecule has 1 atom stereocenters. The van der Waals surface area contributed by atoms with Gasteiger partial charge in [0, 0.05) is 29.7 Å². The summed E-state index contributed by atoms with van der Waals surface area (Å²) >= 11 is 0. The first-order chi connectivity index (χ1) is 16.0. The van der Waals surface area contributed by atoms with Crippen molar-refractivity contribution in [2.24, 2.45) is 5.73 Å². The van der Waals surface area contributed by atoms with Crippen LogP contribution >= 0.6 is 0 Å². The van der Waals surface area contributed by atoms with Gasteiger partial charge in [0.15, 0.2) is 5.82 Å². The molecule has 11 heteroatoms. The van der Waals surface area contributed by atoms with Crippen molar-refractivity contribution in [2.75, 3.05) is 19.5 Å². The number of benzene rings is 2. The molecule has 0 fully saturated rings. The molecule has 0 radical (unpaired) electrons. The molecule has 0 unspecified atom stereocenters. The minimum atomic E-state index is -0.588. The van der Waals surface area contributed by atoms with Crippen molar-refractivity contribution in [3.63, 3.8) is 0 Å². The topological polar surface area (TPSA) is 157 Å². The number of methoxy groups -OCH3 is 2. The van der Waals surface area contributed by atoms with E-state index in [1.54, 1.807) is 50.6 Å². The van der Waals surface area contributed by atoms with Gasteiger partial charge < -0.3 is 20.5 Å². The van der Waals surface area contributed by atoms with Gasteiger partial charge in [-0.2, -0.15) is 0 Å². The smallest absolute Gasteiger partial charge is 0.350 e. The van der Waals surface area contributed by atoms with E-state index in [0.717, 1.165) is 15.9 Å². The van der Waals surface area contributed by atoms with Crippen LogP contribution in [0.4, 0.5) is 5.69 Å². The van der Waals surface area contributed by atoms with Crippen LogP contribution in [0.2, 0.25) is 0 Å². The number of rotatable bonds is 8. The molecule has 0 aliphatic carbocycles. The lowest BCUT2D eigenvalue weighted by Crippen LogP contribution is -2.18. The number of aromatic nitrogens is 5. The van der Waals surface area contributed by atoms with E-state index in [4.69, 9.17) is 20.6 Å². The Morgan fingerprint density at radius 1 is 1.09 bits per heavy atom. The fourth-order valence-electron chi connectivity index (χ4n) is 3.23. The van der Waals surface area contributed by atoms with E-state index < -0.39 is 11.7 Å². The Bertz CT molecular complexity index is 1290. The van der Waals surface area contributed by atoms with Crippen LogP contribution in [0.1, 0.15) is 23.0 Å². The molecule has 0 amide bonds. The number of nitrogens with two attached hydrogens (primary N) is 1. The Kier molecular flexibility index (Phi) is 6.02. The second-order valence-electron chi connectivity index (χ2n) is 6.99. The van der Waals surface area contributed by atoms with Gasteiger partial charge in [0.2, 0.25) is 0 Å². The van der Waals surface area contributed by atoms with E-state index in [0.29, 0.717) is 22.9 Å². The largest absolute Gasteiger partial charge is 0.497 e. The van der Waals surface area contributed by atoms with E-state index >= 15 is 0 Å². The van der Waals surface area contributed by atoms with Gasteiger partial charge in [-0.15, -0.1) is 9.78 Å². The van der Waals surface area contributed by atoms with Gasteiger partial charge in [0.1, 0.15) is 23.4 Å². The molecular formula is C22H22N8O3. The van der Waals surface area contributed by atoms with Gasteiger partial charge >= 0.3 is 5.69 Å². The molecule has 4 rings (SSSR count). The first-order valence-corrected chi connectivity index (χ1v) is 9.89. The van der Waals surface area contributed by atoms with Crippen LogP contribution in [-0.4, -0.2) is 44.8 Å². The van der Waals surface area contributed by atoms with Gasteiger partial charge in [-0.25, -0.2) is 14.8 Å². The van der Waals surface area contributed by atoms with E-state index in [2.05, 4.69) is 25.4 Å². The molecule has 11 nitrogen and oxygen atoms in total. The second kappa shape index (κ2) is 9.22. The third-order valence-electron chi connectivity index (χ3n) is 4.86. The molecule has 2 aromatic carbocycles. The third kappa shape index (κ3) is 4.66. The highest BCUT2D eigenvalue weighted by molar-refractivity contribution is 5.95. The lowest BCUT2D eigenvalue weighted by atomic mass is 10.0. The molecule has 5 N–H and O–H groups in total. The molecule has 0 aliphatic rings. The van der Waals surface area contributed by atoms with Crippen LogP contribution in [-0.2, 0) is 0 Å². The summed E-state index contributed by atoms with van der Waals surface area (Å²) in [5, 5.41) is 15.4. The van der Waals surface area contributed by atoms with Gasteiger partial charge in [-0.05, 0) is 48.0 Å². The molecule has 0 bridgehead atoms. The Morgan fingerprint density at radius 3 is 2.30 bits per heavy atom.